The van der Waals surface area contributed by atoms with E-state index in [0.717, 1.165) is 12.8 Å². The van der Waals surface area contributed by atoms with Crippen molar-refractivity contribution in [2.45, 2.75) is 135 Å². The summed E-state index contributed by atoms with van der Waals surface area (Å²) in [6.07, 6.45) is 19.6. The number of unbranched alkanes of at least 4 members (excludes halogenated alkanes) is 14. The van der Waals surface area contributed by atoms with Crippen LogP contribution >= 0.6 is 23.2 Å². The molecular formula is C30H53Cl2N3O2. The number of halogens is 2. The number of benzene rings is 1. The van der Waals surface area contributed by atoms with Crippen molar-refractivity contribution < 1.29 is 9.90 Å². The van der Waals surface area contributed by atoms with Crippen LogP contribution in [0.2, 0.25) is 10.0 Å². The quantitative estimate of drug-likeness (QED) is 0.0851. The van der Waals surface area contributed by atoms with Gasteiger partial charge in [-0.15, -0.1) is 0 Å². The molecule has 0 aliphatic carbocycles. The number of nitrogens with two attached hydrogens (primary N) is 1. The Morgan fingerprint density at radius 3 is 1.76 bits per heavy atom. The minimum absolute atomic E-state index is 0.0854. The van der Waals surface area contributed by atoms with E-state index < -0.39 is 6.10 Å². The predicted octanol–water partition coefficient (Wildman–Crippen LogP) is 8.35. The van der Waals surface area contributed by atoms with Crippen molar-refractivity contribution in [2.24, 2.45) is 0 Å². The van der Waals surface area contributed by atoms with E-state index in [2.05, 4.69) is 17.6 Å². The first-order valence-corrected chi connectivity index (χ1v) is 15.4. The molecule has 1 rings (SSSR count). The molecule has 5 N–H and O–H groups in total. The molecule has 214 valence electrons. The zero-order chi connectivity index (χ0) is 27.5. The Bertz CT molecular complexity index is 735. The first-order chi connectivity index (χ1) is 17.7. The lowest BCUT2D eigenvalue weighted by Gasteiger charge is -2.28. The molecular weight excluding hydrogens is 505 g/mol. The van der Waals surface area contributed by atoms with Gasteiger partial charge in [-0.1, -0.05) is 120 Å². The second kappa shape index (κ2) is 20.0. The van der Waals surface area contributed by atoms with Crippen LogP contribution in [0, 0.1) is 0 Å². The van der Waals surface area contributed by atoms with E-state index in [1.165, 1.54) is 83.5 Å². The summed E-state index contributed by atoms with van der Waals surface area (Å²) in [5.74, 6) is 0.0854. The number of aliphatic hydroxyl groups is 1. The lowest BCUT2D eigenvalue weighted by molar-refractivity contribution is -0.121. The van der Waals surface area contributed by atoms with Gasteiger partial charge in [0.15, 0.2) is 0 Å². The Hall–Kier alpha value is -1.01. The zero-order valence-corrected chi connectivity index (χ0v) is 25.2. The Morgan fingerprint density at radius 2 is 1.30 bits per heavy atom. The van der Waals surface area contributed by atoms with Crippen molar-refractivity contribution in [3.63, 3.8) is 0 Å². The van der Waals surface area contributed by atoms with Crippen molar-refractivity contribution in [1.29, 1.82) is 0 Å². The topological polar surface area (TPSA) is 87.4 Å². The van der Waals surface area contributed by atoms with Crippen LogP contribution in [0.3, 0.4) is 0 Å². The van der Waals surface area contributed by atoms with E-state index in [1.807, 2.05) is 13.8 Å². The van der Waals surface area contributed by atoms with Crippen LogP contribution in [0.1, 0.15) is 135 Å². The van der Waals surface area contributed by atoms with Gasteiger partial charge in [0.2, 0.25) is 5.91 Å². The highest BCUT2D eigenvalue weighted by atomic mass is 35.5. The smallest absolute Gasteiger partial charge is 0.220 e. The van der Waals surface area contributed by atoms with Crippen molar-refractivity contribution in [3.8, 4) is 0 Å². The average Bonchev–Trinajstić information content (AvgIpc) is 2.86. The standard InChI is InChI=1S/C30H53Cl2N3O2/c1-4-5-6-7-8-9-10-11-12-13-14-15-16-17-18-19-28(37)34-23-30(2,3)35-22-27(36)24-20-25(31)29(33)26(32)21-24/h20-21,27,35-36H,4-19,22-23,33H2,1-3H3,(H,34,37). The number of carbonyl (C=O) groups excluding carboxylic acids is 1. The van der Waals surface area contributed by atoms with Gasteiger partial charge in [-0.3, -0.25) is 4.79 Å². The summed E-state index contributed by atoms with van der Waals surface area (Å²) >= 11 is 12.1. The molecule has 0 radical (unpaired) electrons. The Labute approximate surface area is 236 Å². The SMILES string of the molecule is CCCCCCCCCCCCCCCCCC(=O)NCC(C)(C)NCC(O)c1cc(Cl)c(N)c(Cl)c1. The Kier molecular flexibility index (Phi) is 18.4. The summed E-state index contributed by atoms with van der Waals surface area (Å²) in [6.45, 7) is 7.06. The summed E-state index contributed by atoms with van der Waals surface area (Å²) in [4.78, 5) is 12.3. The Morgan fingerprint density at radius 1 is 0.865 bits per heavy atom. The normalized spacial score (nSPS) is 12.6. The minimum Gasteiger partial charge on any atom is -0.396 e. The van der Waals surface area contributed by atoms with Gasteiger partial charge in [0.25, 0.3) is 0 Å². The van der Waals surface area contributed by atoms with Crippen molar-refractivity contribution in [2.75, 3.05) is 18.8 Å². The van der Waals surface area contributed by atoms with E-state index in [4.69, 9.17) is 28.9 Å². The molecule has 0 aliphatic heterocycles. The number of carbonyl (C=O) groups is 1. The van der Waals surface area contributed by atoms with E-state index in [0.29, 0.717) is 40.8 Å². The van der Waals surface area contributed by atoms with Crippen LogP contribution in [0.25, 0.3) is 0 Å². The fourth-order valence-corrected chi connectivity index (χ4v) is 4.92. The summed E-state index contributed by atoms with van der Waals surface area (Å²) in [7, 11) is 0. The van der Waals surface area contributed by atoms with Crippen molar-refractivity contribution in [3.05, 3.63) is 27.7 Å². The molecule has 1 unspecified atom stereocenters. The van der Waals surface area contributed by atoms with Gasteiger partial charge in [-0.25, -0.2) is 0 Å². The summed E-state index contributed by atoms with van der Waals surface area (Å²) < 4.78 is 0. The number of anilines is 1. The molecule has 1 amide bonds. The number of nitrogens with one attached hydrogen (secondary N) is 2. The van der Waals surface area contributed by atoms with Gasteiger partial charge >= 0.3 is 0 Å². The monoisotopic (exact) mass is 557 g/mol. The predicted molar refractivity (Wildman–Crippen MR) is 160 cm³/mol. The van der Waals surface area contributed by atoms with Crippen LogP contribution in [0.4, 0.5) is 5.69 Å². The van der Waals surface area contributed by atoms with E-state index in [9.17, 15) is 9.90 Å². The molecule has 0 heterocycles. The van der Waals surface area contributed by atoms with Gasteiger partial charge < -0.3 is 21.5 Å². The van der Waals surface area contributed by atoms with Crippen LogP contribution in [0.15, 0.2) is 12.1 Å². The van der Waals surface area contributed by atoms with E-state index in [-0.39, 0.29) is 11.4 Å². The molecule has 0 saturated carbocycles. The number of β-amino-alcohol motifs (C(OH)–C–C–N with tert-alkyl or cyclic N) is 1. The molecule has 1 atom stereocenters. The molecule has 0 bridgehead atoms. The number of hydrogen-bond donors (Lipinski definition) is 4. The molecule has 0 saturated heterocycles. The molecule has 0 aromatic heterocycles. The third-order valence-electron chi connectivity index (χ3n) is 7.00. The molecule has 1 aromatic rings. The van der Waals surface area contributed by atoms with Gasteiger partial charge in [-0.2, -0.15) is 0 Å². The molecule has 7 heteroatoms. The first kappa shape index (κ1) is 34.0. The highest BCUT2D eigenvalue weighted by Gasteiger charge is 2.21. The minimum atomic E-state index is -0.786. The van der Waals surface area contributed by atoms with Crippen molar-refractivity contribution >= 4 is 34.8 Å². The average molecular weight is 559 g/mol. The lowest BCUT2D eigenvalue weighted by atomic mass is 10.0. The third kappa shape index (κ3) is 16.5. The molecule has 0 spiro atoms. The molecule has 37 heavy (non-hydrogen) atoms. The summed E-state index contributed by atoms with van der Waals surface area (Å²) in [5.41, 5.74) is 6.31. The van der Waals surface area contributed by atoms with Crippen LogP contribution in [0.5, 0.6) is 0 Å². The van der Waals surface area contributed by atoms with Crippen LogP contribution < -0.4 is 16.4 Å². The second-order valence-corrected chi connectivity index (χ2v) is 12.0. The van der Waals surface area contributed by atoms with Gasteiger partial charge in [0.05, 0.1) is 21.8 Å². The third-order valence-corrected chi connectivity index (χ3v) is 7.62. The number of amides is 1. The fourth-order valence-electron chi connectivity index (χ4n) is 4.41. The summed E-state index contributed by atoms with van der Waals surface area (Å²) in [5, 5.41) is 17.5. The number of aliphatic hydroxyl groups excluding tert-OH is 1. The van der Waals surface area contributed by atoms with E-state index >= 15 is 0 Å². The molecule has 0 fully saturated rings. The number of nitrogen functional groups attached to an aromatic ring is 1. The van der Waals surface area contributed by atoms with E-state index in [1.54, 1.807) is 12.1 Å². The lowest BCUT2D eigenvalue weighted by Crippen LogP contribution is -2.50. The van der Waals surface area contributed by atoms with Crippen LogP contribution in [-0.4, -0.2) is 29.6 Å². The fraction of sp³-hybridized carbons (Fsp3) is 0.767. The molecule has 5 nitrogen and oxygen atoms in total. The van der Waals surface area contributed by atoms with Gasteiger partial charge in [0, 0.05) is 25.0 Å². The zero-order valence-electron chi connectivity index (χ0n) is 23.6. The first-order valence-electron chi connectivity index (χ1n) is 14.6. The number of rotatable bonds is 22. The number of hydrogen-bond acceptors (Lipinski definition) is 4. The summed E-state index contributed by atoms with van der Waals surface area (Å²) in [6, 6.07) is 3.25. The largest absolute Gasteiger partial charge is 0.396 e. The maximum Gasteiger partial charge on any atom is 0.220 e. The maximum atomic E-state index is 12.3. The maximum absolute atomic E-state index is 12.3. The molecule has 1 aromatic carbocycles. The van der Waals surface area contributed by atoms with Gasteiger partial charge in [0.1, 0.15) is 0 Å². The second-order valence-electron chi connectivity index (χ2n) is 11.2. The Balaban J connectivity index is 2.03. The van der Waals surface area contributed by atoms with Crippen LogP contribution in [-0.2, 0) is 4.79 Å². The van der Waals surface area contributed by atoms with Gasteiger partial charge in [-0.05, 0) is 38.0 Å². The van der Waals surface area contributed by atoms with Crippen molar-refractivity contribution in [1.82, 2.24) is 10.6 Å². The molecule has 0 aliphatic rings. The highest BCUT2D eigenvalue weighted by molar-refractivity contribution is 6.38. The highest BCUT2D eigenvalue weighted by Crippen LogP contribution is 2.31.